The molecule has 0 unspecified atom stereocenters. The molecular weight excluding hydrogens is 266 g/mol. The topological polar surface area (TPSA) is 77.2 Å². The van der Waals surface area contributed by atoms with Gasteiger partial charge in [-0.05, 0) is 24.3 Å². The molecule has 0 bridgehead atoms. The first-order valence-corrected chi connectivity index (χ1v) is 5.85. The number of halogens is 1. The molecule has 98 valence electrons. The van der Waals surface area contributed by atoms with Gasteiger partial charge in [0.25, 0.3) is 5.91 Å². The van der Waals surface area contributed by atoms with E-state index < -0.39 is 0 Å². The lowest BCUT2D eigenvalue weighted by molar-refractivity contribution is 0.102. The van der Waals surface area contributed by atoms with Crippen LogP contribution in [-0.2, 0) is 0 Å². The summed E-state index contributed by atoms with van der Waals surface area (Å²) in [4.78, 5) is 16.0. The minimum absolute atomic E-state index is 0.296. The van der Waals surface area contributed by atoms with Gasteiger partial charge in [0, 0.05) is 0 Å². The van der Waals surface area contributed by atoms with Gasteiger partial charge in [0.15, 0.2) is 0 Å². The number of benzene rings is 1. The summed E-state index contributed by atoms with van der Waals surface area (Å²) in [5, 5.41) is 3.04. The Kier molecular flexibility index (Phi) is 3.87. The summed E-state index contributed by atoms with van der Waals surface area (Å²) >= 11 is 5.67. The molecule has 0 aliphatic rings. The minimum atomic E-state index is -0.333. The number of amides is 1. The van der Waals surface area contributed by atoms with Crippen molar-refractivity contribution in [2.45, 2.75) is 0 Å². The number of para-hydroxylation sites is 1. The van der Waals surface area contributed by atoms with Gasteiger partial charge in [-0.15, -0.1) is 0 Å². The molecule has 0 aliphatic carbocycles. The minimum Gasteiger partial charge on any atom is -0.495 e. The fourth-order valence-electron chi connectivity index (χ4n) is 1.57. The smallest absolute Gasteiger partial charge is 0.257 e. The molecule has 0 fully saturated rings. The number of nitrogens with zero attached hydrogens (tertiary/aromatic N) is 1. The van der Waals surface area contributed by atoms with Gasteiger partial charge in [-0.3, -0.25) is 4.79 Å². The van der Waals surface area contributed by atoms with Crippen LogP contribution in [0.25, 0.3) is 0 Å². The number of anilines is 2. The molecule has 5 nitrogen and oxygen atoms in total. The molecule has 0 spiro atoms. The summed E-state index contributed by atoms with van der Waals surface area (Å²) < 4.78 is 5.07. The van der Waals surface area contributed by atoms with Crippen LogP contribution in [0.5, 0.6) is 5.75 Å². The molecule has 1 amide bonds. The maximum Gasteiger partial charge on any atom is 0.257 e. The SMILES string of the molecule is COc1cccc(C(=O)Nc2ccc(Cl)nc2)c1N. The zero-order valence-corrected chi connectivity index (χ0v) is 10.9. The van der Waals surface area contributed by atoms with Gasteiger partial charge >= 0.3 is 0 Å². The van der Waals surface area contributed by atoms with Crippen molar-refractivity contribution >= 4 is 28.9 Å². The number of rotatable bonds is 3. The molecule has 1 aromatic carbocycles. The van der Waals surface area contributed by atoms with Gasteiger partial charge < -0.3 is 15.8 Å². The van der Waals surface area contributed by atoms with Crippen molar-refractivity contribution in [3.63, 3.8) is 0 Å². The van der Waals surface area contributed by atoms with Crippen LogP contribution in [0.15, 0.2) is 36.5 Å². The van der Waals surface area contributed by atoms with Gasteiger partial charge in [-0.25, -0.2) is 4.98 Å². The van der Waals surface area contributed by atoms with Crippen molar-refractivity contribution in [3.05, 3.63) is 47.2 Å². The van der Waals surface area contributed by atoms with E-state index >= 15 is 0 Å². The Bertz CT molecular complexity index is 599. The zero-order chi connectivity index (χ0) is 13.8. The highest BCUT2D eigenvalue weighted by atomic mass is 35.5. The van der Waals surface area contributed by atoms with E-state index in [2.05, 4.69) is 10.3 Å². The van der Waals surface area contributed by atoms with Crippen molar-refractivity contribution < 1.29 is 9.53 Å². The molecule has 2 rings (SSSR count). The fourth-order valence-corrected chi connectivity index (χ4v) is 1.68. The number of nitrogens with one attached hydrogen (secondary N) is 1. The third-order valence-electron chi connectivity index (χ3n) is 2.52. The summed E-state index contributed by atoms with van der Waals surface area (Å²) in [6, 6.07) is 8.26. The van der Waals surface area contributed by atoms with Crippen LogP contribution >= 0.6 is 11.6 Å². The van der Waals surface area contributed by atoms with Crippen LogP contribution < -0.4 is 15.8 Å². The highest BCUT2D eigenvalue weighted by molar-refractivity contribution is 6.29. The van der Waals surface area contributed by atoms with E-state index in [-0.39, 0.29) is 5.91 Å². The van der Waals surface area contributed by atoms with Crippen LogP contribution in [0, 0.1) is 0 Å². The van der Waals surface area contributed by atoms with E-state index in [1.807, 2.05) is 0 Å². The highest BCUT2D eigenvalue weighted by Gasteiger charge is 2.13. The molecule has 3 N–H and O–H groups in total. The molecule has 1 heterocycles. The highest BCUT2D eigenvalue weighted by Crippen LogP contribution is 2.25. The lowest BCUT2D eigenvalue weighted by Crippen LogP contribution is -2.14. The van der Waals surface area contributed by atoms with Crippen LogP contribution in [0.4, 0.5) is 11.4 Å². The Morgan fingerprint density at radius 1 is 1.37 bits per heavy atom. The predicted octanol–water partition coefficient (Wildman–Crippen LogP) is 2.58. The fraction of sp³-hybridized carbons (Fsp3) is 0.0769. The molecule has 2 aromatic rings. The lowest BCUT2D eigenvalue weighted by atomic mass is 10.1. The monoisotopic (exact) mass is 277 g/mol. The molecule has 19 heavy (non-hydrogen) atoms. The summed E-state index contributed by atoms with van der Waals surface area (Å²) in [6.45, 7) is 0. The average Bonchev–Trinajstić information content (AvgIpc) is 2.41. The summed E-state index contributed by atoms with van der Waals surface area (Å²) in [5.41, 5.74) is 7.03. The Balaban J connectivity index is 2.23. The lowest BCUT2D eigenvalue weighted by Gasteiger charge is -2.10. The van der Waals surface area contributed by atoms with Gasteiger partial charge in [0.2, 0.25) is 0 Å². The largest absolute Gasteiger partial charge is 0.495 e. The third kappa shape index (κ3) is 2.95. The number of pyridine rings is 1. The second-order valence-corrected chi connectivity index (χ2v) is 4.13. The predicted molar refractivity (Wildman–Crippen MR) is 74.6 cm³/mol. The zero-order valence-electron chi connectivity index (χ0n) is 10.2. The molecule has 0 aliphatic heterocycles. The number of hydrogen-bond acceptors (Lipinski definition) is 4. The van der Waals surface area contributed by atoms with Crippen LogP contribution in [0.3, 0.4) is 0 Å². The molecule has 0 atom stereocenters. The number of carbonyl (C=O) groups excluding carboxylic acids is 1. The molecule has 1 aromatic heterocycles. The summed E-state index contributed by atoms with van der Waals surface area (Å²) in [5.74, 6) is 0.127. The Morgan fingerprint density at radius 3 is 2.79 bits per heavy atom. The van der Waals surface area contributed by atoms with Gasteiger partial charge in [0.1, 0.15) is 10.9 Å². The number of nitrogens with two attached hydrogens (primary N) is 1. The normalized spacial score (nSPS) is 10.0. The Morgan fingerprint density at radius 2 is 2.16 bits per heavy atom. The van der Waals surface area contributed by atoms with Gasteiger partial charge in [-0.2, -0.15) is 0 Å². The number of nitrogen functional groups attached to an aromatic ring is 1. The maximum absolute atomic E-state index is 12.1. The number of carbonyl (C=O) groups is 1. The number of hydrogen-bond donors (Lipinski definition) is 2. The Hall–Kier alpha value is -2.27. The van der Waals surface area contributed by atoms with E-state index in [1.54, 1.807) is 30.3 Å². The van der Waals surface area contributed by atoms with E-state index in [0.717, 1.165) is 0 Å². The van der Waals surface area contributed by atoms with E-state index in [0.29, 0.717) is 27.8 Å². The second kappa shape index (κ2) is 5.58. The standard InChI is InChI=1S/C13H12ClN3O2/c1-19-10-4-2-3-9(12(10)15)13(18)17-8-5-6-11(14)16-7-8/h2-7H,15H2,1H3,(H,17,18). The maximum atomic E-state index is 12.1. The Labute approximate surface area is 115 Å². The van der Waals surface area contributed by atoms with Crippen LogP contribution in [-0.4, -0.2) is 18.0 Å². The number of methoxy groups -OCH3 is 1. The van der Waals surface area contributed by atoms with E-state index in [1.165, 1.54) is 13.3 Å². The molecular formula is C13H12ClN3O2. The first-order valence-electron chi connectivity index (χ1n) is 5.47. The quantitative estimate of drug-likeness (QED) is 0.668. The van der Waals surface area contributed by atoms with Gasteiger partial charge in [-0.1, -0.05) is 17.7 Å². The van der Waals surface area contributed by atoms with Crippen LogP contribution in [0.2, 0.25) is 5.15 Å². The number of aromatic nitrogens is 1. The van der Waals surface area contributed by atoms with Gasteiger partial charge in [0.05, 0.1) is 30.2 Å². The van der Waals surface area contributed by atoms with E-state index in [4.69, 9.17) is 22.1 Å². The van der Waals surface area contributed by atoms with Crippen molar-refractivity contribution in [3.8, 4) is 5.75 Å². The van der Waals surface area contributed by atoms with Crippen molar-refractivity contribution in [2.75, 3.05) is 18.2 Å². The number of ether oxygens (including phenoxy) is 1. The third-order valence-corrected chi connectivity index (χ3v) is 2.74. The summed E-state index contributed by atoms with van der Waals surface area (Å²) in [7, 11) is 1.50. The molecule has 6 heteroatoms. The molecule has 0 saturated carbocycles. The second-order valence-electron chi connectivity index (χ2n) is 3.75. The average molecular weight is 278 g/mol. The first kappa shape index (κ1) is 13.2. The first-order chi connectivity index (χ1) is 9.11. The molecule has 0 radical (unpaired) electrons. The van der Waals surface area contributed by atoms with Crippen molar-refractivity contribution in [1.29, 1.82) is 0 Å². The van der Waals surface area contributed by atoms with Crippen molar-refractivity contribution in [2.24, 2.45) is 0 Å². The summed E-state index contributed by atoms with van der Waals surface area (Å²) in [6.07, 6.45) is 1.47. The van der Waals surface area contributed by atoms with Crippen LogP contribution in [0.1, 0.15) is 10.4 Å². The molecule has 0 saturated heterocycles. The van der Waals surface area contributed by atoms with E-state index in [9.17, 15) is 4.79 Å². The van der Waals surface area contributed by atoms with Crippen molar-refractivity contribution in [1.82, 2.24) is 4.98 Å².